The standard InChI is InChI=1S/C25H22F3N3O2/c1-4-15-8-5-9-16(13(2)3)23(15)31-24(32)17-18(25(31)33)20(27)22(21(28)19(17)26)30-12-14-7-6-10-29-11-14/h5-11,13,30H,4,12H2,1-3H3. The molecular weight excluding hydrogens is 431 g/mol. The van der Waals surface area contributed by atoms with E-state index in [-0.39, 0.29) is 12.5 Å². The highest BCUT2D eigenvalue weighted by Crippen LogP contribution is 2.40. The molecule has 0 bridgehead atoms. The van der Waals surface area contributed by atoms with Gasteiger partial charge in [-0.25, -0.2) is 18.1 Å². The van der Waals surface area contributed by atoms with Crippen molar-refractivity contribution in [2.45, 2.75) is 39.7 Å². The van der Waals surface area contributed by atoms with Crippen molar-refractivity contribution in [2.75, 3.05) is 10.2 Å². The minimum Gasteiger partial charge on any atom is -0.376 e. The van der Waals surface area contributed by atoms with Gasteiger partial charge in [-0.15, -0.1) is 0 Å². The van der Waals surface area contributed by atoms with E-state index in [0.717, 1.165) is 4.90 Å². The van der Waals surface area contributed by atoms with Crippen LogP contribution in [0.2, 0.25) is 0 Å². The summed E-state index contributed by atoms with van der Waals surface area (Å²) in [5.74, 6) is -6.56. The molecule has 1 N–H and O–H groups in total. The SMILES string of the molecule is CCc1cccc(C(C)C)c1N1C(=O)c2c(F)c(F)c(NCc3cccnc3)c(F)c2C1=O. The van der Waals surface area contributed by atoms with Gasteiger partial charge in [-0.3, -0.25) is 14.6 Å². The maximum atomic E-state index is 15.4. The summed E-state index contributed by atoms with van der Waals surface area (Å²) < 4.78 is 45.2. The van der Waals surface area contributed by atoms with Gasteiger partial charge >= 0.3 is 0 Å². The maximum Gasteiger partial charge on any atom is 0.269 e. The first-order valence-corrected chi connectivity index (χ1v) is 10.6. The first kappa shape index (κ1) is 22.5. The second kappa shape index (κ2) is 8.69. The van der Waals surface area contributed by atoms with Crippen molar-refractivity contribution in [1.29, 1.82) is 0 Å². The zero-order valence-electron chi connectivity index (χ0n) is 18.4. The minimum atomic E-state index is -1.55. The van der Waals surface area contributed by atoms with Crippen molar-refractivity contribution in [2.24, 2.45) is 0 Å². The molecule has 4 rings (SSSR count). The number of nitrogens with zero attached hydrogens (tertiary/aromatic N) is 2. The van der Waals surface area contributed by atoms with Crippen LogP contribution in [-0.4, -0.2) is 16.8 Å². The van der Waals surface area contributed by atoms with Gasteiger partial charge < -0.3 is 5.32 Å². The molecule has 1 aliphatic rings. The minimum absolute atomic E-state index is 0.0536. The van der Waals surface area contributed by atoms with E-state index in [1.807, 2.05) is 20.8 Å². The monoisotopic (exact) mass is 453 g/mol. The summed E-state index contributed by atoms with van der Waals surface area (Å²) in [4.78, 5) is 31.2. The second-order valence-electron chi connectivity index (χ2n) is 8.09. The number of rotatable bonds is 6. The zero-order valence-corrected chi connectivity index (χ0v) is 18.4. The first-order chi connectivity index (χ1) is 15.8. The zero-order chi connectivity index (χ0) is 23.9. The van der Waals surface area contributed by atoms with Crippen LogP contribution in [0.4, 0.5) is 24.5 Å². The topological polar surface area (TPSA) is 62.3 Å². The summed E-state index contributed by atoms with van der Waals surface area (Å²) in [7, 11) is 0. The summed E-state index contributed by atoms with van der Waals surface area (Å²) in [6.45, 7) is 5.57. The number of halogens is 3. The fourth-order valence-corrected chi connectivity index (χ4v) is 4.06. The fourth-order valence-electron chi connectivity index (χ4n) is 4.06. The lowest BCUT2D eigenvalue weighted by Gasteiger charge is -2.23. The van der Waals surface area contributed by atoms with Crippen LogP contribution in [0.5, 0.6) is 0 Å². The Morgan fingerprint density at radius 1 is 0.970 bits per heavy atom. The molecular formula is C25H22F3N3O2. The number of pyridine rings is 1. The predicted molar refractivity (Wildman–Crippen MR) is 119 cm³/mol. The highest BCUT2D eigenvalue weighted by Gasteiger charge is 2.45. The van der Waals surface area contributed by atoms with Crippen LogP contribution in [0, 0.1) is 17.5 Å². The van der Waals surface area contributed by atoms with E-state index in [0.29, 0.717) is 28.8 Å². The number of hydrogen-bond donors (Lipinski definition) is 1. The van der Waals surface area contributed by atoms with Gasteiger partial charge in [0.25, 0.3) is 11.8 Å². The van der Waals surface area contributed by atoms with Gasteiger partial charge in [0, 0.05) is 18.9 Å². The van der Waals surface area contributed by atoms with Crippen molar-refractivity contribution < 1.29 is 22.8 Å². The molecule has 8 heteroatoms. The van der Waals surface area contributed by atoms with E-state index in [9.17, 15) is 14.0 Å². The Labute approximate surface area is 189 Å². The molecule has 0 saturated heterocycles. The van der Waals surface area contributed by atoms with Gasteiger partial charge in [0.15, 0.2) is 17.5 Å². The van der Waals surface area contributed by atoms with Gasteiger partial charge in [-0.05, 0) is 35.1 Å². The van der Waals surface area contributed by atoms with Crippen LogP contribution >= 0.6 is 0 Å². The van der Waals surface area contributed by atoms with Gasteiger partial charge in [0.1, 0.15) is 5.69 Å². The van der Waals surface area contributed by atoms with E-state index in [4.69, 9.17) is 0 Å². The first-order valence-electron chi connectivity index (χ1n) is 10.6. The quantitative estimate of drug-likeness (QED) is 0.390. The molecule has 0 radical (unpaired) electrons. The molecule has 33 heavy (non-hydrogen) atoms. The average Bonchev–Trinajstić information content (AvgIpc) is 3.07. The van der Waals surface area contributed by atoms with Gasteiger partial charge in [-0.1, -0.05) is 45.0 Å². The number of aryl methyl sites for hydroxylation is 1. The number of aromatic nitrogens is 1. The van der Waals surface area contributed by atoms with Gasteiger partial charge in [-0.2, -0.15) is 0 Å². The molecule has 0 fully saturated rings. The van der Waals surface area contributed by atoms with E-state index in [2.05, 4.69) is 10.3 Å². The molecule has 5 nitrogen and oxygen atoms in total. The number of fused-ring (bicyclic) bond motifs is 1. The number of amides is 2. The number of benzene rings is 2. The van der Waals surface area contributed by atoms with Crippen molar-refractivity contribution in [3.63, 3.8) is 0 Å². The Balaban J connectivity index is 1.83. The highest BCUT2D eigenvalue weighted by molar-refractivity contribution is 6.35. The smallest absolute Gasteiger partial charge is 0.269 e. The third kappa shape index (κ3) is 3.65. The number of nitrogens with one attached hydrogen (secondary N) is 1. The van der Waals surface area contributed by atoms with Crippen LogP contribution < -0.4 is 10.2 Å². The lowest BCUT2D eigenvalue weighted by molar-refractivity contribution is 0.0923. The molecule has 3 aromatic rings. The third-order valence-corrected chi connectivity index (χ3v) is 5.72. The van der Waals surface area contributed by atoms with E-state index in [1.165, 1.54) is 12.4 Å². The molecule has 0 aliphatic carbocycles. The van der Waals surface area contributed by atoms with Crippen LogP contribution in [0.15, 0.2) is 42.7 Å². The molecule has 2 aromatic carbocycles. The normalized spacial score (nSPS) is 13.1. The number of hydrogen-bond acceptors (Lipinski definition) is 4. The molecule has 170 valence electrons. The average molecular weight is 453 g/mol. The lowest BCUT2D eigenvalue weighted by atomic mass is 9.95. The maximum absolute atomic E-state index is 15.4. The van der Waals surface area contributed by atoms with Crippen molar-refractivity contribution in [1.82, 2.24) is 4.98 Å². The Hall–Kier alpha value is -3.68. The largest absolute Gasteiger partial charge is 0.376 e. The summed E-state index contributed by atoms with van der Waals surface area (Å²) in [6, 6.07) is 8.63. The van der Waals surface area contributed by atoms with Crippen LogP contribution in [0.25, 0.3) is 0 Å². The Bertz CT molecular complexity index is 1260. The number of anilines is 2. The van der Waals surface area contributed by atoms with Gasteiger partial charge in [0.05, 0.1) is 16.8 Å². The van der Waals surface area contributed by atoms with Crippen LogP contribution in [-0.2, 0) is 13.0 Å². The molecule has 2 amide bonds. The van der Waals surface area contributed by atoms with E-state index < -0.39 is 46.1 Å². The van der Waals surface area contributed by atoms with Crippen molar-refractivity contribution >= 4 is 23.2 Å². The third-order valence-electron chi connectivity index (χ3n) is 5.72. The summed E-state index contributed by atoms with van der Waals surface area (Å²) in [6.07, 6.45) is 3.51. The number of para-hydroxylation sites is 1. The summed E-state index contributed by atoms with van der Waals surface area (Å²) in [5.41, 5.74) is -0.210. The number of carbonyl (C=O) groups is 2. The van der Waals surface area contributed by atoms with E-state index in [1.54, 1.807) is 30.3 Å². The Kier molecular flexibility index (Phi) is 5.93. The molecule has 0 unspecified atom stereocenters. The number of carbonyl (C=O) groups excluding carboxylic acids is 2. The second-order valence-corrected chi connectivity index (χ2v) is 8.09. The molecule has 1 aliphatic heterocycles. The summed E-state index contributed by atoms with van der Waals surface area (Å²) in [5, 5.41) is 2.50. The van der Waals surface area contributed by atoms with Crippen LogP contribution in [0.3, 0.4) is 0 Å². The highest BCUT2D eigenvalue weighted by atomic mass is 19.2. The van der Waals surface area contributed by atoms with E-state index >= 15 is 8.78 Å². The number of imide groups is 1. The Morgan fingerprint density at radius 3 is 2.27 bits per heavy atom. The molecule has 0 spiro atoms. The molecule has 0 atom stereocenters. The molecule has 0 saturated carbocycles. The molecule has 2 heterocycles. The van der Waals surface area contributed by atoms with Crippen molar-refractivity contribution in [3.8, 4) is 0 Å². The lowest BCUT2D eigenvalue weighted by Crippen LogP contribution is -2.32. The van der Waals surface area contributed by atoms with Crippen LogP contribution in [0.1, 0.15) is 64.1 Å². The summed E-state index contributed by atoms with van der Waals surface area (Å²) >= 11 is 0. The predicted octanol–water partition coefficient (Wildman–Crippen LogP) is 5.60. The fraction of sp³-hybridized carbons (Fsp3) is 0.240. The van der Waals surface area contributed by atoms with Crippen molar-refractivity contribution in [3.05, 3.63) is 88.0 Å². The molecule has 1 aromatic heterocycles. The Morgan fingerprint density at radius 2 is 1.67 bits per heavy atom. The van der Waals surface area contributed by atoms with Gasteiger partial charge in [0.2, 0.25) is 0 Å².